The van der Waals surface area contributed by atoms with Crippen LogP contribution in [0.25, 0.3) is 10.9 Å². The second kappa shape index (κ2) is 6.29. The van der Waals surface area contributed by atoms with E-state index in [2.05, 4.69) is 53.5 Å². The van der Waals surface area contributed by atoms with E-state index in [-0.39, 0.29) is 6.04 Å². The van der Waals surface area contributed by atoms with Crippen LogP contribution >= 0.6 is 11.8 Å². The number of aromatic nitrogens is 1. The van der Waals surface area contributed by atoms with Gasteiger partial charge in [0, 0.05) is 27.8 Å². The summed E-state index contributed by atoms with van der Waals surface area (Å²) in [5, 5.41) is 1.15. The van der Waals surface area contributed by atoms with Crippen molar-refractivity contribution in [3.8, 4) is 0 Å². The van der Waals surface area contributed by atoms with Crippen LogP contribution in [0.1, 0.15) is 17.3 Å². The van der Waals surface area contributed by atoms with Gasteiger partial charge in [0.15, 0.2) is 0 Å². The normalized spacial score (nSPS) is 12.5. The number of hydrogen-bond donors (Lipinski definition) is 1. The van der Waals surface area contributed by atoms with Gasteiger partial charge in [-0.25, -0.2) is 0 Å². The third-order valence-corrected chi connectivity index (χ3v) is 4.58. The number of aryl methyl sites for hydroxylation is 1. The van der Waals surface area contributed by atoms with E-state index < -0.39 is 0 Å². The van der Waals surface area contributed by atoms with E-state index in [4.69, 9.17) is 5.73 Å². The number of hydrogen-bond acceptors (Lipinski definition) is 3. The highest BCUT2D eigenvalue weighted by Gasteiger charge is 2.08. The van der Waals surface area contributed by atoms with Gasteiger partial charge in [0.2, 0.25) is 0 Å². The second-order valence-corrected chi connectivity index (χ2v) is 6.23. The first kappa shape index (κ1) is 14.1. The fourth-order valence-electron chi connectivity index (χ4n) is 2.28. The monoisotopic (exact) mass is 294 g/mol. The van der Waals surface area contributed by atoms with Gasteiger partial charge < -0.3 is 5.73 Å². The Morgan fingerprint density at radius 2 is 1.86 bits per heavy atom. The molecule has 1 atom stereocenters. The van der Waals surface area contributed by atoms with E-state index in [1.807, 2.05) is 19.1 Å². The molecule has 0 saturated heterocycles. The number of benzene rings is 2. The molecule has 2 nitrogen and oxygen atoms in total. The minimum Gasteiger partial charge on any atom is -0.323 e. The summed E-state index contributed by atoms with van der Waals surface area (Å²) in [6, 6.07) is 20.8. The van der Waals surface area contributed by atoms with E-state index in [9.17, 15) is 0 Å². The van der Waals surface area contributed by atoms with E-state index in [1.54, 1.807) is 11.8 Å². The highest BCUT2D eigenvalue weighted by molar-refractivity contribution is 7.99. The summed E-state index contributed by atoms with van der Waals surface area (Å²) >= 11 is 1.79. The maximum Gasteiger partial charge on any atom is 0.0705 e. The Bertz CT molecular complexity index is 741. The van der Waals surface area contributed by atoms with Crippen LogP contribution in [0.5, 0.6) is 0 Å². The van der Waals surface area contributed by atoms with E-state index in [1.165, 1.54) is 4.90 Å². The Kier molecular flexibility index (Phi) is 4.23. The lowest BCUT2D eigenvalue weighted by Crippen LogP contribution is -2.12. The number of rotatable bonds is 4. The SMILES string of the molecule is Cc1ccc2cc(C(N)CSc3ccccc3)ccc2n1. The molecule has 0 aliphatic heterocycles. The average molecular weight is 294 g/mol. The van der Waals surface area contributed by atoms with Crippen LogP contribution in [0.15, 0.2) is 65.6 Å². The van der Waals surface area contributed by atoms with Crippen molar-refractivity contribution in [1.29, 1.82) is 0 Å². The standard InChI is InChI=1S/C18H18N2S/c1-13-7-8-15-11-14(9-10-18(15)20-13)17(19)12-21-16-5-3-2-4-6-16/h2-11,17H,12,19H2,1H3. The maximum atomic E-state index is 6.32. The Morgan fingerprint density at radius 1 is 1.05 bits per heavy atom. The summed E-state index contributed by atoms with van der Waals surface area (Å²) in [6.45, 7) is 2.01. The maximum absolute atomic E-state index is 6.32. The molecule has 21 heavy (non-hydrogen) atoms. The molecule has 0 aliphatic rings. The molecule has 3 aromatic rings. The Balaban J connectivity index is 1.75. The predicted octanol–water partition coefficient (Wildman–Crippen LogP) is 4.34. The van der Waals surface area contributed by atoms with Crippen molar-refractivity contribution in [2.24, 2.45) is 5.73 Å². The fraction of sp³-hybridized carbons (Fsp3) is 0.167. The molecule has 1 aromatic heterocycles. The highest BCUT2D eigenvalue weighted by Crippen LogP contribution is 2.25. The number of thioether (sulfide) groups is 1. The fourth-order valence-corrected chi connectivity index (χ4v) is 3.19. The highest BCUT2D eigenvalue weighted by atomic mass is 32.2. The summed E-state index contributed by atoms with van der Waals surface area (Å²) in [4.78, 5) is 5.78. The van der Waals surface area contributed by atoms with Crippen LogP contribution in [0.4, 0.5) is 0 Å². The second-order valence-electron chi connectivity index (χ2n) is 5.14. The van der Waals surface area contributed by atoms with Crippen LogP contribution in [-0.4, -0.2) is 10.7 Å². The minimum absolute atomic E-state index is 0.0286. The molecule has 0 spiro atoms. The minimum atomic E-state index is 0.0286. The summed E-state index contributed by atoms with van der Waals surface area (Å²) in [6.07, 6.45) is 0. The van der Waals surface area contributed by atoms with Crippen molar-refractivity contribution < 1.29 is 0 Å². The van der Waals surface area contributed by atoms with Gasteiger partial charge in [0.25, 0.3) is 0 Å². The average Bonchev–Trinajstić information content (AvgIpc) is 2.53. The van der Waals surface area contributed by atoms with Crippen LogP contribution in [0.2, 0.25) is 0 Å². The topological polar surface area (TPSA) is 38.9 Å². The van der Waals surface area contributed by atoms with Gasteiger partial charge in [-0.05, 0) is 42.8 Å². The summed E-state index contributed by atoms with van der Waals surface area (Å²) in [5.41, 5.74) is 9.56. The lowest BCUT2D eigenvalue weighted by atomic mass is 10.1. The quantitative estimate of drug-likeness (QED) is 0.728. The molecule has 106 valence electrons. The van der Waals surface area contributed by atoms with Crippen molar-refractivity contribution >= 4 is 22.7 Å². The van der Waals surface area contributed by atoms with Crippen LogP contribution in [0.3, 0.4) is 0 Å². The summed E-state index contributed by atoms with van der Waals surface area (Å²) in [7, 11) is 0. The van der Waals surface area contributed by atoms with E-state index in [0.717, 1.165) is 27.9 Å². The van der Waals surface area contributed by atoms with Crippen LogP contribution in [-0.2, 0) is 0 Å². The molecule has 2 aromatic carbocycles. The smallest absolute Gasteiger partial charge is 0.0705 e. The zero-order chi connectivity index (χ0) is 14.7. The third kappa shape index (κ3) is 3.43. The molecule has 3 heteroatoms. The largest absolute Gasteiger partial charge is 0.323 e. The molecule has 0 saturated carbocycles. The summed E-state index contributed by atoms with van der Waals surface area (Å²) < 4.78 is 0. The molecule has 0 amide bonds. The Morgan fingerprint density at radius 3 is 2.67 bits per heavy atom. The van der Waals surface area contributed by atoms with Crippen molar-refractivity contribution in [3.05, 3.63) is 71.9 Å². The van der Waals surface area contributed by atoms with Gasteiger partial charge in [-0.1, -0.05) is 30.3 Å². The van der Waals surface area contributed by atoms with Gasteiger partial charge in [0.1, 0.15) is 0 Å². The van der Waals surface area contributed by atoms with Gasteiger partial charge >= 0.3 is 0 Å². The Hall–Kier alpha value is -1.84. The molecule has 1 unspecified atom stereocenters. The zero-order valence-electron chi connectivity index (χ0n) is 12.0. The van der Waals surface area contributed by atoms with Crippen LogP contribution in [0, 0.1) is 6.92 Å². The molecule has 0 radical (unpaired) electrons. The summed E-state index contributed by atoms with van der Waals surface area (Å²) in [5.74, 6) is 0.870. The number of pyridine rings is 1. The first-order valence-electron chi connectivity index (χ1n) is 7.03. The third-order valence-electron chi connectivity index (χ3n) is 3.45. The first-order chi connectivity index (χ1) is 10.2. The molecule has 0 fully saturated rings. The molecule has 3 rings (SSSR count). The van der Waals surface area contributed by atoms with Gasteiger partial charge in [-0.15, -0.1) is 11.8 Å². The van der Waals surface area contributed by atoms with Crippen molar-refractivity contribution in [3.63, 3.8) is 0 Å². The van der Waals surface area contributed by atoms with Gasteiger partial charge in [0.05, 0.1) is 5.52 Å². The predicted molar refractivity (Wildman–Crippen MR) is 90.6 cm³/mol. The molecular weight excluding hydrogens is 276 g/mol. The van der Waals surface area contributed by atoms with Crippen LogP contribution < -0.4 is 5.73 Å². The van der Waals surface area contributed by atoms with Crippen molar-refractivity contribution in [1.82, 2.24) is 4.98 Å². The lowest BCUT2D eigenvalue weighted by molar-refractivity contribution is 0.833. The molecule has 0 aliphatic carbocycles. The number of fused-ring (bicyclic) bond motifs is 1. The van der Waals surface area contributed by atoms with Crippen molar-refractivity contribution in [2.75, 3.05) is 5.75 Å². The van der Waals surface area contributed by atoms with Gasteiger partial charge in [-0.2, -0.15) is 0 Å². The molecule has 0 bridgehead atoms. The van der Waals surface area contributed by atoms with Crippen molar-refractivity contribution in [2.45, 2.75) is 17.9 Å². The first-order valence-corrected chi connectivity index (χ1v) is 8.02. The molecule has 1 heterocycles. The zero-order valence-corrected chi connectivity index (χ0v) is 12.8. The van der Waals surface area contributed by atoms with E-state index in [0.29, 0.717) is 0 Å². The number of nitrogens with two attached hydrogens (primary N) is 1. The number of nitrogens with zero attached hydrogens (tertiary/aromatic N) is 1. The molecular formula is C18H18N2S. The van der Waals surface area contributed by atoms with E-state index >= 15 is 0 Å². The lowest BCUT2D eigenvalue weighted by Gasteiger charge is -2.12. The molecule has 2 N–H and O–H groups in total. The Labute approximate surface area is 129 Å². The van der Waals surface area contributed by atoms with Gasteiger partial charge in [-0.3, -0.25) is 4.98 Å².